The quantitative estimate of drug-likeness (QED) is 0.695. The molecule has 2 aromatic rings. The van der Waals surface area contributed by atoms with Crippen molar-refractivity contribution in [2.24, 2.45) is 0 Å². The summed E-state index contributed by atoms with van der Waals surface area (Å²) in [5.74, 6) is -0.446. The number of aromatic nitrogens is 1. The normalized spacial score (nSPS) is 19.0. The van der Waals surface area contributed by atoms with Crippen molar-refractivity contribution in [2.45, 2.75) is 12.3 Å². The molecule has 2 heterocycles. The lowest BCUT2D eigenvalue weighted by Gasteiger charge is -2.21. The Hall–Kier alpha value is -2.07. The summed E-state index contributed by atoms with van der Waals surface area (Å²) < 4.78 is 5.01. The molecule has 1 N–H and O–H groups in total. The topological polar surface area (TPSA) is 45.3 Å². The largest absolute Gasteiger partial charge is 0.468 e. The molecule has 0 radical (unpaired) electrons. The van der Waals surface area contributed by atoms with Gasteiger partial charge in [-0.05, 0) is 18.1 Å². The number of ether oxygens (including phenoxy) is 1. The van der Waals surface area contributed by atoms with E-state index in [0.717, 1.165) is 30.7 Å². The Kier molecular flexibility index (Phi) is 3.80. The van der Waals surface area contributed by atoms with Crippen molar-refractivity contribution < 1.29 is 9.53 Å². The summed E-state index contributed by atoms with van der Waals surface area (Å²) >= 11 is 0. The molecule has 0 fully saturated rings. The molecule has 1 aromatic carbocycles. The second-order valence-electron chi connectivity index (χ2n) is 5.44. The number of H-pyrrole nitrogens is 1. The van der Waals surface area contributed by atoms with E-state index in [1.54, 1.807) is 0 Å². The van der Waals surface area contributed by atoms with E-state index in [4.69, 9.17) is 4.74 Å². The van der Waals surface area contributed by atoms with E-state index in [1.165, 1.54) is 18.1 Å². The maximum absolute atomic E-state index is 12.2. The number of nitrogens with zero attached hydrogens (tertiary/aromatic N) is 1. The molecule has 4 nitrogen and oxygen atoms in total. The van der Waals surface area contributed by atoms with Gasteiger partial charge in [-0.25, -0.2) is 0 Å². The second-order valence-corrected chi connectivity index (χ2v) is 5.44. The van der Waals surface area contributed by atoms with Gasteiger partial charge in [0.1, 0.15) is 5.92 Å². The van der Waals surface area contributed by atoms with E-state index in [-0.39, 0.29) is 11.9 Å². The molecule has 4 heteroatoms. The minimum atomic E-state index is -0.264. The summed E-state index contributed by atoms with van der Waals surface area (Å²) in [6, 6.07) is 8.22. The van der Waals surface area contributed by atoms with E-state index < -0.39 is 0 Å². The first-order valence-electron chi connectivity index (χ1n) is 7.25. The first kappa shape index (κ1) is 13.9. The first-order chi connectivity index (χ1) is 10.2. The van der Waals surface area contributed by atoms with Gasteiger partial charge in [0.25, 0.3) is 0 Å². The van der Waals surface area contributed by atoms with Gasteiger partial charge in [0.15, 0.2) is 0 Å². The van der Waals surface area contributed by atoms with Crippen molar-refractivity contribution in [3.05, 3.63) is 48.2 Å². The number of carbonyl (C=O) groups excluding carboxylic acids is 1. The standard InChI is InChI=1S/C17H20N2O2/c1-3-9-19-10-8-13-12-6-4-5-7-15(12)18-16(13)14(11-19)17(20)21-2/h3-7,14,18H,1,8-11H2,2H3. The maximum atomic E-state index is 12.2. The lowest BCUT2D eigenvalue weighted by Crippen LogP contribution is -2.32. The van der Waals surface area contributed by atoms with Gasteiger partial charge >= 0.3 is 5.97 Å². The summed E-state index contributed by atoms with van der Waals surface area (Å²) in [6.45, 7) is 6.17. The molecule has 1 atom stereocenters. The number of hydrogen-bond acceptors (Lipinski definition) is 3. The van der Waals surface area contributed by atoms with Crippen LogP contribution < -0.4 is 0 Å². The zero-order valence-electron chi connectivity index (χ0n) is 12.3. The lowest BCUT2D eigenvalue weighted by atomic mass is 10.00. The van der Waals surface area contributed by atoms with Crippen LogP contribution in [0.4, 0.5) is 0 Å². The monoisotopic (exact) mass is 284 g/mol. The zero-order valence-corrected chi connectivity index (χ0v) is 12.3. The predicted molar refractivity (Wildman–Crippen MR) is 83.4 cm³/mol. The van der Waals surface area contributed by atoms with Gasteiger partial charge in [-0.2, -0.15) is 0 Å². The minimum absolute atomic E-state index is 0.182. The number of esters is 1. The molecule has 0 saturated heterocycles. The molecular formula is C17H20N2O2. The fraction of sp³-hybridized carbons (Fsp3) is 0.353. The van der Waals surface area contributed by atoms with Crippen LogP contribution in [0.5, 0.6) is 0 Å². The average Bonchev–Trinajstić information content (AvgIpc) is 2.78. The van der Waals surface area contributed by atoms with Gasteiger partial charge in [0.2, 0.25) is 0 Å². The highest BCUT2D eigenvalue weighted by atomic mass is 16.5. The summed E-state index contributed by atoms with van der Waals surface area (Å²) in [5.41, 5.74) is 3.34. The summed E-state index contributed by atoms with van der Waals surface area (Å²) in [7, 11) is 1.45. The Morgan fingerprint density at radius 3 is 3.10 bits per heavy atom. The molecule has 1 aliphatic heterocycles. The van der Waals surface area contributed by atoms with Crippen molar-refractivity contribution in [1.82, 2.24) is 9.88 Å². The number of fused-ring (bicyclic) bond motifs is 3. The van der Waals surface area contributed by atoms with Crippen LogP contribution in [-0.2, 0) is 16.0 Å². The molecule has 0 amide bonds. The van der Waals surface area contributed by atoms with Crippen LogP contribution >= 0.6 is 0 Å². The highest BCUT2D eigenvalue weighted by Crippen LogP contribution is 2.32. The molecule has 1 aliphatic rings. The van der Waals surface area contributed by atoms with Crippen molar-refractivity contribution in [3.8, 4) is 0 Å². The molecule has 3 rings (SSSR count). The van der Waals surface area contributed by atoms with Crippen LogP contribution in [0.3, 0.4) is 0 Å². The van der Waals surface area contributed by atoms with Crippen molar-refractivity contribution in [2.75, 3.05) is 26.7 Å². The number of benzene rings is 1. The minimum Gasteiger partial charge on any atom is -0.468 e. The third-order valence-electron chi connectivity index (χ3n) is 4.19. The third-order valence-corrected chi connectivity index (χ3v) is 4.19. The van der Waals surface area contributed by atoms with Crippen molar-refractivity contribution >= 4 is 16.9 Å². The van der Waals surface area contributed by atoms with E-state index in [2.05, 4.69) is 28.6 Å². The maximum Gasteiger partial charge on any atom is 0.315 e. The number of para-hydroxylation sites is 1. The van der Waals surface area contributed by atoms with Gasteiger partial charge in [0, 0.05) is 36.2 Å². The molecule has 0 aliphatic carbocycles. The molecular weight excluding hydrogens is 264 g/mol. The summed E-state index contributed by atoms with van der Waals surface area (Å²) in [4.78, 5) is 17.9. The molecule has 1 unspecified atom stereocenters. The number of rotatable bonds is 3. The van der Waals surface area contributed by atoms with Gasteiger partial charge in [-0.1, -0.05) is 24.3 Å². The van der Waals surface area contributed by atoms with Crippen molar-refractivity contribution in [3.63, 3.8) is 0 Å². The highest BCUT2D eigenvalue weighted by Gasteiger charge is 2.31. The van der Waals surface area contributed by atoms with Gasteiger partial charge in [0.05, 0.1) is 7.11 Å². The van der Waals surface area contributed by atoms with Crippen LogP contribution in [0.1, 0.15) is 17.2 Å². The predicted octanol–water partition coefficient (Wildman–Crippen LogP) is 2.47. The van der Waals surface area contributed by atoms with E-state index in [1.807, 2.05) is 18.2 Å². The number of hydrogen-bond donors (Lipinski definition) is 1. The summed E-state index contributed by atoms with van der Waals surface area (Å²) in [6.07, 6.45) is 2.81. The number of aromatic amines is 1. The molecule has 110 valence electrons. The number of carbonyl (C=O) groups is 1. The van der Waals surface area contributed by atoms with Gasteiger partial charge < -0.3 is 9.72 Å². The van der Waals surface area contributed by atoms with Crippen LogP contribution in [0.2, 0.25) is 0 Å². The van der Waals surface area contributed by atoms with Gasteiger partial charge in [-0.3, -0.25) is 9.69 Å². The van der Waals surface area contributed by atoms with Gasteiger partial charge in [-0.15, -0.1) is 6.58 Å². The SMILES string of the molecule is C=CCN1CCc2c([nH]c3ccccc23)C(C(=O)OC)C1. The Bertz CT molecular complexity index is 674. The Morgan fingerprint density at radius 1 is 1.52 bits per heavy atom. The Morgan fingerprint density at radius 2 is 2.33 bits per heavy atom. The lowest BCUT2D eigenvalue weighted by molar-refractivity contribution is -0.142. The fourth-order valence-electron chi connectivity index (χ4n) is 3.18. The van der Waals surface area contributed by atoms with Crippen molar-refractivity contribution in [1.29, 1.82) is 0 Å². The smallest absolute Gasteiger partial charge is 0.315 e. The molecule has 0 saturated carbocycles. The average molecular weight is 284 g/mol. The molecule has 1 aromatic heterocycles. The second kappa shape index (κ2) is 5.74. The molecule has 0 bridgehead atoms. The zero-order chi connectivity index (χ0) is 14.8. The van der Waals surface area contributed by atoms with Crippen LogP contribution in [0.15, 0.2) is 36.9 Å². The summed E-state index contributed by atoms with van der Waals surface area (Å²) in [5, 5.41) is 1.21. The van der Waals surface area contributed by atoms with E-state index in [0.29, 0.717) is 6.54 Å². The number of methoxy groups -OCH3 is 1. The first-order valence-corrected chi connectivity index (χ1v) is 7.25. The Labute approximate surface area is 124 Å². The van der Waals surface area contributed by atoms with Crippen LogP contribution in [0.25, 0.3) is 10.9 Å². The van der Waals surface area contributed by atoms with E-state index >= 15 is 0 Å². The fourth-order valence-corrected chi connectivity index (χ4v) is 3.18. The van der Waals surface area contributed by atoms with E-state index in [9.17, 15) is 4.79 Å². The van der Waals surface area contributed by atoms with Crippen LogP contribution in [-0.4, -0.2) is 42.6 Å². The Balaban J connectivity index is 2.08. The highest BCUT2D eigenvalue weighted by molar-refractivity contribution is 5.88. The molecule has 0 spiro atoms. The van der Waals surface area contributed by atoms with Crippen LogP contribution in [0, 0.1) is 0 Å². The third kappa shape index (κ3) is 2.47. The number of nitrogens with one attached hydrogen (secondary N) is 1. The molecule has 21 heavy (non-hydrogen) atoms.